The first-order chi connectivity index (χ1) is 19.8. The lowest BCUT2D eigenvalue weighted by molar-refractivity contribution is -0.137. The molecular weight excluding hydrogens is 569 g/mol. The summed E-state index contributed by atoms with van der Waals surface area (Å²) in [5.41, 5.74) is 0.687. The standard InChI is InChI=1S/C30H39F3N4O4S/c1-20-6-3-10-25(42(2,40)41)18-26(36-29(39)22-7-4-8-23(17-22)30(31,32)33)28(20)37-14-11-21(12-15-37)16-27(38)35-24-9-5-13-34-19-24/h4,7-8,10,17-18,21,24,34H,3,5-6,9,11-16,19H2,1-2H3,(H,35,38)(H,36,39). The second kappa shape index (κ2) is 13.5. The van der Waals surface area contributed by atoms with E-state index >= 15 is 0 Å². The lowest BCUT2D eigenvalue weighted by Crippen LogP contribution is -2.46. The van der Waals surface area contributed by atoms with Gasteiger partial charge in [-0.05, 0) is 87.8 Å². The van der Waals surface area contributed by atoms with Gasteiger partial charge >= 0.3 is 6.18 Å². The van der Waals surface area contributed by atoms with E-state index in [2.05, 4.69) is 20.9 Å². The molecule has 1 unspecified atom stereocenters. The third kappa shape index (κ3) is 8.47. The lowest BCUT2D eigenvalue weighted by Gasteiger charge is -2.37. The number of amides is 2. The average Bonchev–Trinajstić information content (AvgIpc) is 2.92. The minimum absolute atomic E-state index is 0.0376. The number of allylic oxidation sites excluding steroid dienone is 3. The molecule has 12 heteroatoms. The van der Waals surface area contributed by atoms with Crippen LogP contribution in [0.5, 0.6) is 0 Å². The van der Waals surface area contributed by atoms with Crippen molar-refractivity contribution in [1.29, 1.82) is 0 Å². The van der Waals surface area contributed by atoms with Crippen molar-refractivity contribution in [3.63, 3.8) is 0 Å². The van der Waals surface area contributed by atoms with Crippen molar-refractivity contribution in [2.75, 3.05) is 32.4 Å². The van der Waals surface area contributed by atoms with Crippen LogP contribution in [-0.4, -0.2) is 63.6 Å². The number of alkyl halides is 3. The van der Waals surface area contributed by atoms with Crippen LogP contribution >= 0.6 is 0 Å². The van der Waals surface area contributed by atoms with Crippen LogP contribution < -0.4 is 16.0 Å². The molecule has 0 bridgehead atoms. The molecule has 2 amide bonds. The molecule has 2 heterocycles. The summed E-state index contributed by atoms with van der Waals surface area (Å²) in [5, 5.41) is 9.15. The summed E-state index contributed by atoms with van der Waals surface area (Å²) in [6, 6.07) is 4.28. The third-order valence-corrected chi connectivity index (χ3v) is 9.15. The minimum atomic E-state index is -4.61. The molecule has 2 fully saturated rings. The van der Waals surface area contributed by atoms with Gasteiger partial charge in [0.2, 0.25) is 5.91 Å². The maximum absolute atomic E-state index is 13.3. The normalized spacial score (nSPS) is 21.2. The van der Waals surface area contributed by atoms with Crippen molar-refractivity contribution < 1.29 is 31.2 Å². The van der Waals surface area contributed by atoms with E-state index in [0.29, 0.717) is 38.0 Å². The van der Waals surface area contributed by atoms with Gasteiger partial charge in [-0.3, -0.25) is 9.59 Å². The van der Waals surface area contributed by atoms with E-state index in [1.54, 1.807) is 6.08 Å². The van der Waals surface area contributed by atoms with Crippen LogP contribution in [0.25, 0.3) is 0 Å². The maximum atomic E-state index is 13.3. The fraction of sp³-hybridized carbons (Fsp3) is 0.533. The number of hydrogen-bond donors (Lipinski definition) is 3. The van der Waals surface area contributed by atoms with Crippen molar-refractivity contribution in [3.8, 4) is 0 Å². The number of rotatable bonds is 7. The molecule has 42 heavy (non-hydrogen) atoms. The van der Waals surface area contributed by atoms with Gasteiger partial charge < -0.3 is 20.9 Å². The van der Waals surface area contributed by atoms with Crippen molar-refractivity contribution >= 4 is 21.7 Å². The number of benzene rings is 1. The van der Waals surface area contributed by atoms with Gasteiger partial charge in [-0.15, -0.1) is 0 Å². The van der Waals surface area contributed by atoms with Gasteiger partial charge in [-0.2, -0.15) is 13.2 Å². The summed E-state index contributed by atoms with van der Waals surface area (Å²) in [4.78, 5) is 28.0. The summed E-state index contributed by atoms with van der Waals surface area (Å²) < 4.78 is 65.0. The number of carbonyl (C=O) groups is 2. The number of likely N-dealkylation sites (tertiary alicyclic amines) is 1. The Kier molecular flexibility index (Phi) is 10.2. The Morgan fingerprint density at radius 1 is 1.14 bits per heavy atom. The molecule has 3 N–H and O–H groups in total. The summed E-state index contributed by atoms with van der Waals surface area (Å²) >= 11 is 0. The second-order valence-corrected chi connectivity index (χ2v) is 13.4. The molecular formula is C30H39F3N4O4S. The monoisotopic (exact) mass is 608 g/mol. The SMILES string of the molecule is CC1=C(N2CCC(CC(=O)NC3CCCNC3)CC2)C(NC(=O)c2cccc(C(F)(F)F)c2)=CC(S(C)(=O)=O)=CCC1. The molecule has 1 aromatic carbocycles. The van der Waals surface area contributed by atoms with Gasteiger partial charge in [0.15, 0.2) is 9.84 Å². The Hall–Kier alpha value is -3.12. The molecule has 0 aromatic heterocycles. The molecule has 1 aliphatic carbocycles. The number of halogens is 3. The maximum Gasteiger partial charge on any atom is 0.416 e. The fourth-order valence-electron chi connectivity index (χ4n) is 5.76. The molecule has 0 radical (unpaired) electrons. The lowest BCUT2D eigenvalue weighted by atomic mass is 9.91. The highest BCUT2D eigenvalue weighted by molar-refractivity contribution is 7.94. The summed E-state index contributed by atoms with van der Waals surface area (Å²) in [7, 11) is -3.64. The Bertz CT molecular complexity index is 1370. The van der Waals surface area contributed by atoms with Crippen molar-refractivity contribution in [2.45, 2.75) is 64.1 Å². The van der Waals surface area contributed by atoms with Crippen molar-refractivity contribution in [1.82, 2.24) is 20.9 Å². The number of sulfone groups is 1. The molecule has 1 atom stereocenters. The quantitative estimate of drug-likeness (QED) is 0.427. The molecule has 8 nitrogen and oxygen atoms in total. The van der Waals surface area contributed by atoms with Gasteiger partial charge in [-0.25, -0.2) is 8.42 Å². The van der Waals surface area contributed by atoms with Crippen LogP contribution in [0.15, 0.2) is 58.3 Å². The molecule has 4 rings (SSSR count). The molecule has 0 spiro atoms. The van der Waals surface area contributed by atoms with E-state index in [1.807, 2.05) is 6.92 Å². The summed E-state index contributed by atoms with van der Waals surface area (Å²) in [5.74, 6) is -0.541. The van der Waals surface area contributed by atoms with E-state index < -0.39 is 27.5 Å². The first-order valence-corrected chi connectivity index (χ1v) is 16.3. The number of nitrogens with one attached hydrogen (secondary N) is 3. The zero-order valence-electron chi connectivity index (χ0n) is 24.0. The van der Waals surface area contributed by atoms with Crippen LogP contribution in [0, 0.1) is 5.92 Å². The highest BCUT2D eigenvalue weighted by Gasteiger charge is 2.32. The Morgan fingerprint density at radius 3 is 2.52 bits per heavy atom. The van der Waals surface area contributed by atoms with Gasteiger partial charge in [0.25, 0.3) is 5.91 Å². The number of piperidine rings is 2. The third-order valence-electron chi connectivity index (χ3n) is 8.01. The van der Waals surface area contributed by atoms with E-state index in [-0.39, 0.29) is 34.0 Å². The first kappa shape index (κ1) is 31.8. The average molecular weight is 609 g/mol. The number of nitrogens with zero attached hydrogens (tertiary/aromatic N) is 1. The van der Waals surface area contributed by atoms with Gasteiger partial charge in [-0.1, -0.05) is 12.1 Å². The summed E-state index contributed by atoms with van der Waals surface area (Å²) in [6.07, 6.45) is 4.39. The fourth-order valence-corrected chi connectivity index (χ4v) is 6.51. The van der Waals surface area contributed by atoms with Crippen molar-refractivity contribution in [3.05, 3.63) is 69.4 Å². The molecule has 1 aromatic rings. The molecule has 230 valence electrons. The van der Waals surface area contributed by atoms with Crippen LogP contribution in [0.3, 0.4) is 0 Å². The van der Waals surface area contributed by atoms with Gasteiger partial charge in [0.05, 0.1) is 21.9 Å². The number of carbonyl (C=O) groups excluding carboxylic acids is 2. The Labute approximate surface area is 245 Å². The smallest absolute Gasteiger partial charge is 0.370 e. The van der Waals surface area contributed by atoms with Crippen LogP contribution in [-0.2, 0) is 20.8 Å². The molecule has 0 saturated carbocycles. The predicted molar refractivity (Wildman–Crippen MR) is 155 cm³/mol. The highest BCUT2D eigenvalue weighted by atomic mass is 32.2. The number of hydrogen-bond acceptors (Lipinski definition) is 6. The van der Waals surface area contributed by atoms with E-state index in [9.17, 15) is 31.2 Å². The van der Waals surface area contributed by atoms with E-state index in [1.165, 1.54) is 18.2 Å². The van der Waals surface area contributed by atoms with E-state index in [0.717, 1.165) is 62.7 Å². The topological polar surface area (TPSA) is 108 Å². The molecule has 2 saturated heterocycles. The van der Waals surface area contributed by atoms with Crippen LogP contribution in [0.1, 0.15) is 67.8 Å². The van der Waals surface area contributed by atoms with E-state index in [4.69, 9.17) is 0 Å². The van der Waals surface area contributed by atoms with Gasteiger partial charge in [0.1, 0.15) is 0 Å². The second-order valence-electron chi connectivity index (χ2n) is 11.4. The zero-order valence-corrected chi connectivity index (χ0v) is 24.8. The zero-order chi connectivity index (χ0) is 30.5. The minimum Gasteiger partial charge on any atom is -0.370 e. The largest absolute Gasteiger partial charge is 0.416 e. The highest BCUT2D eigenvalue weighted by Crippen LogP contribution is 2.32. The van der Waals surface area contributed by atoms with Gasteiger partial charge in [0, 0.05) is 43.9 Å². The molecule has 2 aliphatic heterocycles. The summed E-state index contributed by atoms with van der Waals surface area (Å²) in [6.45, 7) is 4.84. The van der Waals surface area contributed by atoms with Crippen molar-refractivity contribution in [2.24, 2.45) is 5.92 Å². The Balaban J connectivity index is 1.53. The predicted octanol–water partition coefficient (Wildman–Crippen LogP) is 4.29. The molecule has 3 aliphatic rings. The Morgan fingerprint density at radius 2 is 1.88 bits per heavy atom. The first-order valence-electron chi connectivity index (χ1n) is 14.4. The van der Waals surface area contributed by atoms with Crippen LogP contribution in [0.4, 0.5) is 13.2 Å². The van der Waals surface area contributed by atoms with Crippen LogP contribution in [0.2, 0.25) is 0 Å².